The molecule has 1 aromatic heterocycles. The van der Waals surface area contributed by atoms with Gasteiger partial charge in [-0.2, -0.15) is 0 Å². The van der Waals surface area contributed by atoms with E-state index in [-0.39, 0.29) is 12.8 Å². The number of para-hydroxylation sites is 1. The Hall–Kier alpha value is -1.81. The van der Waals surface area contributed by atoms with Crippen LogP contribution in [0.1, 0.15) is 47.6 Å². The lowest BCUT2D eigenvalue weighted by atomic mass is 9.86. The second-order valence-electron chi connectivity index (χ2n) is 5.51. The highest BCUT2D eigenvalue weighted by molar-refractivity contribution is 5.88. The highest BCUT2D eigenvalue weighted by Gasteiger charge is 2.40. The number of aromatic amines is 1. The number of benzene rings is 1. The number of fused-ring (bicyclic) bond motifs is 3. The van der Waals surface area contributed by atoms with Crippen LogP contribution in [-0.2, 0) is 28.0 Å². The molecule has 0 aliphatic carbocycles. The van der Waals surface area contributed by atoms with Crippen LogP contribution in [0.2, 0.25) is 0 Å². The van der Waals surface area contributed by atoms with Crippen LogP contribution in [0.3, 0.4) is 0 Å². The maximum absolute atomic E-state index is 11.4. The summed E-state index contributed by atoms with van der Waals surface area (Å²) < 4.78 is 28.7. The molecule has 3 rings (SSSR count). The number of aliphatic carboxylic acids is 1. The van der Waals surface area contributed by atoms with Gasteiger partial charge >= 0.3 is 5.97 Å². The second kappa shape index (κ2) is 5.19. The highest BCUT2D eigenvalue weighted by atomic mass is 16.5. The number of aryl methyl sites for hydroxylation is 1. The van der Waals surface area contributed by atoms with Crippen molar-refractivity contribution in [3.8, 4) is 0 Å². The van der Waals surface area contributed by atoms with Crippen molar-refractivity contribution >= 4 is 16.9 Å². The summed E-state index contributed by atoms with van der Waals surface area (Å²) >= 11 is 0. The van der Waals surface area contributed by atoms with Gasteiger partial charge in [0.05, 0.1) is 18.7 Å². The van der Waals surface area contributed by atoms with Crippen LogP contribution in [0.25, 0.3) is 10.9 Å². The van der Waals surface area contributed by atoms with E-state index in [0.717, 1.165) is 28.5 Å². The maximum Gasteiger partial charge on any atom is 0.306 e. The third-order valence-electron chi connectivity index (χ3n) is 4.32. The van der Waals surface area contributed by atoms with Gasteiger partial charge in [0.15, 0.2) is 0 Å². The fourth-order valence-electron chi connectivity index (χ4n) is 3.28. The summed E-state index contributed by atoms with van der Waals surface area (Å²) in [5.41, 5.74) is 2.34. The Labute approximate surface area is 128 Å². The smallest absolute Gasteiger partial charge is 0.306 e. The summed E-state index contributed by atoms with van der Waals surface area (Å²) in [4.78, 5) is 14.7. The molecule has 2 N–H and O–H groups in total. The molecule has 112 valence electrons. The molecule has 1 aliphatic heterocycles. The van der Waals surface area contributed by atoms with Crippen LogP contribution in [0.4, 0.5) is 0 Å². The van der Waals surface area contributed by atoms with Gasteiger partial charge in [0, 0.05) is 15.0 Å². The lowest BCUT2D eigenvalue weighted by molar-refractivity contribution is -0.148. The van der Waals surface area contributed by atoms with E-state index in [4.69, 9.17) is 8.85 Å². The van der Waals surface area contributed by atoms with E-state index in [2.05, 4.69) is 11.9 Å². The molecule has 2 aromatic rings. The number of nitrogens with one attached hydrogen (secondary N) is 1. The molecule has 4 heteroatoms. The first-order chi connectivity index (χ1) is 11.3. The monoisotopic (exact) mass is 290 g/mol. The molecule has 21 heavy (non-hydrogen) atoms. The minimum absolute atomic E-state index is 0.319. The molecule has 0 radical (unpaired) electrons. The van der Waals surface area contributed by atoms with Gasteiger partial charge in [-0.1, -0.05) is 32.0 Å². The average Bonchev–Trinajstić information content (AvgIpc) is 2.85. The van der Waals surface area contributed by atoms with Gasteiger partial charge in [0.25, 0.3) is 0 Å². The number of aromatic nitrogens is 1. The number of rotatable bonds is 4. The average molecular weight is 290 g/mol. The number of carboxylic acids is 1. The molecule has 1 atom stereocenters. The molecule has 0 fully saturated rings. The minimum Gasteiger partial charge on any atom is -0.481 e. The van der Waals surface area contributed by atoms with Gasteiger partial charge in [0.1, 0.15) is 5.60 Å². The van der Waals surface area contributed by atoms with Crippen molar-refractivity contribution in [2.24, 2.45) is 0 Å². The number of hydrogen-bond acceptors (Lipinski definition) is 2. The van der Waals surface area contributed by atoms with Gasteiger partial charge in [-0.25, -0.2) is 0 Å². The first-order valence-electron chi connectivity index (χ1n) is 8.74. The van der Waals surface area contributed by atoms with Crippen molar-refractivity contribution in [2.45, 2.75) is 45.1 Å². The quantitative estimate of drug-likeness (QED) is 0.907. The van der Waals surface area contributed by atoms with Gasteiger partial charge in [0.2, 0.25) is 0 Å². The predicted octanol–water partition coefficient (Wildman–Crippen LogP) is 3.38. The number of H-pyrrole nitrogens is 1. The number of carboxylic acid groups (broad SMARTS) is 1. The van der Waals surface area contributed by atoms with Crippen LogP contribution in [0.5, 0.6) is 0 Å². The van der Waals surface area contributed by atoms with Gasteiger partial charge < -0.3 is 14.8 Å². The highest BCUT2D eigenvalue weighted by Crippen LogP contribution is 2.42. The van der Waals surface area contributed by atoms with Crippen molar-refractivity contribution in [1.29, 1.82) is 0 Å². The third kappa shape index (κ3) is 2.14. The zero-order chi connectivity index (χ0) is 17.5. The van der Waals surface area contributed by atoms with E-state index in [1.807, 2.05) is 18.2 Å². The van der Waals surface area contributed by atoms with Crippen molar-refractivity contribution in [3.05, 3.63) is 35.0 Å². The molecule has 0 saturated carbocycles. The Morgan fingerprint density at radius 2 is 2.43 bits per heavy atom. The maximum atomic E-state index is 11.4. The summed E-state index contributed by atoms with van der Waals surface area (Å²) in [6.45, 7) is 0.0899. The minimum atomic E-state index is -2.28. The predicted molar refractivity (Wildman–Crippen MR) is 81.6 cm³/mol. The Bertz CT molecular complexity index is 781. The SMILES string of the molecule is [2H]C([2H])([2H])C[C@]1(CC(=O)O)OCCc2c1[nH]c1c(CC)cccc21. The summed E-state index contributed by atoms with van der Waals surface area (Å²) in [5.74, 6) is -1.07. The lowest BCUT2D eigenvalue weighted by Gasteiger charge is -2.35. The fourth-order valence-corrected chi connectivity index (χ4v) is 3.28. The summed E-state index contributed by atoms with van der Waals surface area (Å²) in [7, 11) is 0. The first-order valence-corrected chi connectivity index (χ1v) is 7.24. The van der Waals surface area contributed by atoms with Crippen molar-refractivity contribution < 1.29 is 18.8 Å². The molecule has 2 heterocycles. The Morgan fingerprint density at radius 3 is 3.14 bits per heavy atom. The molecule has 0 saturated heterocycles. The van der Waals surface area contributed by atoms with Gasteiger partial charge in [-0.3, -0.25) is 4.79 Å². The molecular weight excluding hydrogens is 266 g/mol. The first kappa shape index (κ1) is 10.9. The van der Waals surface area contributed by atoms with E-state index in [9.17, 15) is 9.90 Å². The zero-order valence-electron chi connectivity index (χ0n) is 15.0. The van der Waals surface area contributed by atoms with E-state index < -0.39 is 18.4 Å². The fraction of sp³-hybridized carbons (Fsp3) is 0.471. The molecule has 0 amide bonds. The Morgan fingerprint density at radius 1 is 1.57 bits per heavy atom. The molecule has 1 aromatic carbocycles. The van der Waals surface area contributed by atoms with Crippen LogP contribution < -0.4 is 0 Å². The molecule has 0 spiro atoms. The number of hydrogen-bond donors (Lipinski definition) is 2. The van der Waals surface area contributed by atoms with Crippen LogP contribution in [0.15, 0.2) is 18.2 Å². The van der Waals surface area contributed by atoms with E-state index >= 15 is 0 Å². The molecule has 0 bridgehead atoms. The van der Waals surface area contributed by atoms with E-state index in [0.29, 0.717) is 18.7 Å². The largest absolute Gasteiger partial charge is 0.481 e. The van der Waals surface area contributed by atoms with E-state index in [1.165, 1.54) is 0 Å². The zero-order valence-corrected chi connectivity index (χ0v) is 12.0. The Balaban J connectivity index is 2.23. The third-order valence-corrected chi connectivity index (χ3v) is 4.32. The summed E-state index contributed by atoms with van der Waals surface area (Å²) in [6, 6.07) is 6.00. The lowest BCUT2D eigenvalue weighted by Crippen LogP contribution is -2.37. The van der Waals surface area contributed by atoms with Gasteiger partial charge in [-0.15, -0.1) is 0 Å². The van der Waals surface area contributed by atoms with Crippen LogP contribution >= 0.6 is 0 Å². The number of ether oxygens (including phenoxy) is 1. The molecule has 1 aliphatic rings. The van der Waals surface area contributed by atoms with Crippen LogP contribution in [0, 0.1) is 0 Å². The standard InChI is InChI=1S/C17H21NO3/c1-3-11-6-5-7-12-13-8-9-21-17(4-2,10-14(19)20)16(13)18-15(11)12/h5-7,18H,3-4,8-10H2,1-2H3,(H,19,20)/t17-/m1/s1/i2D3. The summed E-state index contributed by atoms with van der Waals surface area (Å²) in [6.07, 6.45) is 0.786. The van der Waals surface area contributed by atoms with Crippen molar-refractivity contribution in [3.63, 3.8) is 0 Å². The molecular formula is C17H21NO3. The van der Waals surface area contributed by atoms with Crippen molar-refractivity contribution in [1.82, 2.24) is 4.98 Å². The van der Waals surface area contributed by atoms with Gasteiger partial charge in [-0.05, 0) is 30.4 Å². The molecule has 0 unspecified atom stereocenters. The number of carbonyl (C=O) groups is 1. The topological polar surface area (TPSA) is 62.3 Å². The Kier molecular flexibility index (Phi) is 2.68. The van der Waals surface area contributed by atoms with Crippen LogP contribution in [-0.4, -0.2) is 22.7 Å². The van der Waals surface area contributed by atoms with Crippen molar-refractivity contribution in [2.75, 3.05) is 6.61 Å². The summed E-state index contributed by atoms with van der Waals surface area (Å²) in [5, 5.41) is 10.4. The molecule has 4 nitrogen and oxygen atoms in total. The normalized spacial score (nSPS) is 24.1. The van der Waals surface area contributed by atoms with E-state index in [1.54, 1.807) is 0 Å². The second-order valence-corrected chi connectivity index (χ2v) is 5.51.